The Morgan fingerprint density at radius 1 is 0.821 bits per heavy atom. The normalized spacial score (nSPS) is 18.3. The summed E-state index contributed by atoms with van der Waals surface area (Å²) >= 11 is 12.2. The first-order chi connectivity index (χ1) is 26.6. The number of hydrogen-bond acceptors (Lipinski definition) is 13. The maximum Gasteiger partial charge on any atom is 0.347 e. The van der Waals surface area contributed by atoms with Crippen molar-refractivity contribution in [1.29, 1.82) is 0 Å². The van der Waals surface area contributed by atoms with E-state index in [4.69, 9.17) is 61.1 Å². The van der Waals surface area contributed by atoms with Crippen LogP contribution in [0.4, 0.5) is 0 Å². The monoisotopic (exact) mass is 808 g/mol. The van der Waals surface area contributed by atoms with Crippen molar-refractivity contribution < 1.29 is 62.5 Å². The quantitative estimate of drug-likeness (QED) is 0.150. The molecule has 4 aliphatic heterocycles. The topological polar surface area (TPSA) is 166 Å². The van der Waals surface area contributed by atoms with E-state index in [1.165, 1.54) is 27.9 Å². The fraction of sp³-hybridized carbons (Fsp3) is 0.341. The Morgan fingerprint density at radius 2 is 1.50 bits per heavy atom. The summed E-state index contributed by atoms with van der Waals surface area (Å²) in [6, 6.07) is 7.32. The van der Waals surface area contributed by atoms with E-state index in [2.05, 4.69) is 13.8 Å². The highest BCUT2D eigenvalue weighted by Crippen LogP contribution is 2.53. The Labute approximate surface area is 331 Å². The number of ether oxygens (including phenoxy) is 8. The second kappa shape index (κ2) is 14.5. The molecule has 13 nitrogen and oxygen atoms in total. The molecule has 0 radical (unpaired) electrons. The van der Waals surface area contributed by atoms with Gasteiger partial charge < -0.3 is 48.1 Å². The number of aromatic hydroxyl groups is 2. The number of ketones is 1. The molecule has 4 heterocycles. The van der Waals surface area contributed by atoms with Gasteiger partial charge in [-0.1, -0.05) is 37.0 Å². The molecule has 56 heavy (non-hydrogen) atoms. The Kier molecular flexibility index (Phi) is 10.0. The van der Waals surface area contributed by atoms with Gasteiger partial charge in [0.15, 0.2) is 40.3 Å². The lowest BCUT2D eigenvalue weighted by molar-refractivity contribution is 0.0553. The van der Waals surface area contributed by atoms with E-state index in [1.54, 1.807) is 20.3 Å². The lowest BCUT2D eigenvalue weighted by Gasteiger charge is -2.37. The lowest BCUT2D eigenvalue weighted by atomic mass is 9.81. The third-order valence-electron chi connectivity index (χ3n) is 10.5. The summed E-state index contributed by atoms with van der Waals surface area (Å²) in [5.41, 5.74) is 2.64. The van der Waals surface area contributed by atoms with Crippen molar-refractivity contribution >= 4 is 40.9 Å². The highest BCUT2D eigenvalue weighted by Gasteiger charge is 2.46. The molecule has 294 valence electrons. The fourth-order valence-corrected chi connectivity index (χ4v) is 7.81. The number of carbonyl (C=O) groups is 3. The number of phenols is 2. The van der Waals surface area contributed by atoms with Gasteiger partial charge in [0.2, 0.25) is 0 Å². The molecule has 0 bridgehead atoms. The molecule has 8 rings (SSSR count). The highest BCUT2D eigenvalue weighted by atomic mass is 35.5. The number of Topliss-reactive ketones (excluding diaryl/α,β-unsaturated/α-hetero) is 1. The number of halogens is 2. The van der Waals surface area contributed by atoms with E-state index in [0.717, 1.165) is 23.3 Å². The molecule has 4 aliphatic rings. The van der Waals surface area contributed by atoms with Crippen LogP contribution < -0.4 is 33.2 Å². The van der Waals surface area contributed by atoms with Crippen molar-refractivity contribution in [2.45, 2.75) is 59.2 Å². The van der Waals surface area contributed by atoms with Gasteiger partial charge in [0.05, 0.1) is 37.8 Å². The van der Waals surface area contributed by atoms with Gasteiger partial charge in [-0.25, -0.2) is 9.59 Å². The number of esters is 2. The molecule has 3 unspecified atom stereocenters. The van der Waals surface area contributed by atoms with E-state index in [-0.39, 0.29) is 73.1 Å². The van der Waals surface area contributed by atoms with Crippen LogP contribution in [0.25, 0.3) is 0 Å². The summed E-state index contributed by atoms with van der Waals surface area (Å²) in [4.78, 5) is 38.3. The summed E-state index contributed by atoms with van der Waals surface area (Å²) < 4.78 is 45.1. The average molecular weight is 810 g/mol. The van der Waals surface area contributed by atoms with Crippen molar-refractivity contribution in [2.75, 3.05) is 27.9 Å². The molecule has 3 atom stereocenters. The van der Waals surface area contributed by atoms with Crippen molar-refractivity contribution in [3.8, 4) is 57.5 Å². The van der Waals surface area contributed by atoms with Crippen LogP contribution in [0.1, 0.15) is 78.7 Å². The van der Waals surface area contributed by atoms with Gasteiger partial charge in [0, 0.05) is 34.7 Å². The van der Waals surface area contributed by atoms with E-state index in [9.17, 15) is 24.6 Å². The zero-order valence-corrected chi connectivity index (χ0v) is 33.2. The van der Waals surface area contributed by atoms with Gasteiger partial charge in [0.25, 0.3) is 0 Å². The number of phenolic OH excluding ortho intramolecular Hbond substituents is 2. The zero-order chi connectivity index (χ0) is 40.5. The third kappa shape index (κ3) is 6.04. The summed E-state index contributed by atoms with van der Waals surface area (Å²) in [6.07, 6.45) is 0.474. The second-order valence-corrected chi connectivity index (χ2v) is 14.8. The van der Waals surface area contributed by atoms with Crippen LogP contribution in [-0.2, 0) is 11.2 Å². The maximum absolute atomic E-state index is 13.5. The molecule has 15 heteroatoms. The van der Waals surface area contributed by atoms with Crippen LogP contribution in [-0.4, -0.2) is 68.1 Å². The predicted molar refractivity (Wildman–Crippen MR) is 203 cm³/mol. The molecule has 0 aliphatic carbocycles. The van der Waals surface area contributed by atoms with Crippen LogP contribution >= 0.6 is 23.2 Å². The second-order valence-electron chi connectivity index (χ2n) is 14.0. The van der Waals surface area contributed by atoms with Crippen molar-refractivity contribution in [2.24, 2.45) is 5.92 Å². The first kappa shape index (κ1) is 38.7. The molecule has 4 aromatic rings. The summed E-state index contributed by atoms with van der Waals surface area (Å²) in [5, 5.41) is 20.1. The molecule has 0 saturated heterocycles. The first-order valence-electron chi connectivity index (χ1n) is 17.6. The third-order valence-corrected chi connectivity index (χ3v) is 11.3. The molecule has 0 spiro atoms. The standard InChI is InChI=1S/C23H24O6.C18H14Cl2O7/c1-11(2)16-8-14-15(28-16)6-5-12-22(24)21-13-7-18(25-3)19(26-4)9-17(13)27-10-20(21)29-23(12)14;1-5-9-16(11(20)13(22)10(5)19)26-14-6(2)8(17(23)25-4)12(21)7(3)15(14)27-18(9)24/h5-7,9,11,16,20-21H,8,10H2,1-4H3;21-22H,1-4H3. The molecule has 0 aromatic heterocycles. The Hall–Kier alpha value is -5.53. The van der Waals surface area contributed by atoms with E-state index >= 15 is 0 Å². The SMILES string of the molecule is COC(=O)c1c(C)c2c(c(C)c1O)OC(=O)c1c(C)c(Cl)c(O)c(Cl)c1O2.COc1cc2c(cc1OC)C1C(=O)c3ccc4c(c3OC1CO2)CC(C(C)C)O4. The van der Waals surface area contributed by atoms with Gasteiger partial charge >= 0.3 is 11.9 Å². The van der Waals surface area contributed by atoms with Gasteiger partial charge in [0.1, 0.15) is 58.0 Å². The van der Waals surface area contributed by atoms with Crippen LogP contribution in [0.2, 0.25) is 10.0 Å². The molecule has 0 saturated carbocycles. The van der Waals surface area contributed by atoms with Crippen molar-refractivity contribution in [3.63, 3.8) is 0 Å². The van der Waals surface area contributed by atoms with Gasteiger partial charge in [-0.05, 0) is 50.5 Å². The number of hydrogen-bond donors (Lipinski definition) is 2. The largest absolute Gasteiger partial charge is 0.507 e. The minimum absolute atomic E-state index is 0.0131. The Bertz CT molecular complexity index is 2350. The summed E-state index contributed by atoms with van der Waals surface area (Å²) in [5.74, 6) is 0.504. The number of carbonyl (C=O) groups excluding carboxylic acids is 3. The van der Waals surface area contributed by atoms with E-state index in [0.29, 0.717) is 41.1 Å². The average Bonchev–Trinajstić information content (AvgIpc) is 3.57. The minimum atomic E-state index is -0.835. The van der Waals surface area contributed by atoms with Crippen molar-refractivity contribution in [1.82, 2.24) is 0 Å². The van der Waals surface area contributed by atoms with E-state index < -0.39 is 29.4 Å². The van der Waals surface area contributed by atoms with Crippen LogP contribution in [0.3, 0.4) is 0 Å². The van der Waals surface area contributed by atoms with Gasteiger partial charge in [-0.3, -0.25) is 4.79 Å². The van der Waals surface area contributed by atoms with E-state index in [1.807, 2.05) is 18.2 Å². The molecule has 0 fully saturated rings. The Balaban J connectivity index is 0.000000172. The number of methoxy groups -OCH3 is 3. The van der Waals surface area contributed by atoms with Gasteiger partial charge in [-0.15, -0.1) is 0 Å². The van der Waals surface area contributed by atoms with Crippen LogP contribution in [0.15, 0.2) is 24.3 Å². The summed E-state index contributed by atoms with van der Waals surface area (Å²) in [6.45, 7) is 9.01. The minimum Gasteiger partial charge on any atom is -0.507 e. The maximum atomic E-state index is 13.5. The molecular weight excluding hydrogens is 771 g/mol. The highest BCUT2D eigenvalue weighted by molar-refractivity contribution is 6.39. The molecule has 2 N–H and O–H groups in total. The Morgan fingerprint density at radius 3 is 2.16 bits per heavy atom. The zero-order valence-electron chi connectivity index (χ0n) is 31.7. The lowest BCUT2D eigenvalue weighted by Crippen LogP contribution is -2.43. The number of benzene rings is 4. The van der Waals surface area contributed by atoms with Crippen LogP contribution in [0, 0.1) is 26.7 Å². The first-order valence-corrected chi connectivity index (χ1v) is 18.4. The van der Waals surface area contributed by atoms with Crippen molar-refractivity contribution in [3.05, 3.63) is 78.8 Å². The van der Waals surface area contributed by atoms with Gasteiger partial charge in [-0.2, -0.15) is 0 Å². The molecule has 4 aromatic carbocycles. The summed E-state index contributed by atoms with van der Waals surface area (Å²) in [7, 11) is 4.32. The molecule has 0 amide bonds. The fourth-order valence-electron chi connectivity index (χ4n) is 7.35. The molecular formula is C41H38Cl2O13. The van der Waals surface area contributed by atoms with Crippen LogP contribution in [0.5, 0.6) is 57.5 Å². The number of fused-ring (bicyclic) bond motifs is 8. The predicted octanol–water partition coefficient (Wildman–Crippen LogP) is 8.22. The smallest absolute Gasteiger partial charge is 0.347 e. The number of rotatable bonds is 4.